The van der Waals surface area contributed by atoms with Crippen LogP contribution < -0.4 is 14.8 Å². The fourth-order valence-corrected chi connectivity index (χ4v) is 2.75. The van der Waals surface area contributed by atoms with Gasteiger partial charge < -0.3 is 19.3 Å². The number of carbonyl (C=O) groups is 1. The van der Waals surface area contributed by atoms with E-state index < -0.39 is 0 Å². The molecule has 7 nitrogen and oxygen atoms in total. The van der Waals surface area contributed by atoms with Gasteiger partial charge in [0.05, 0.1) is 14.2 Å². The molecule has 0 unspecified atom stereocenters. The normalized spacial score (nSPS) is 10.6. The predicted molar refractivity (Wildman–Crippen MR) is 104 cm³/mol. The molecule has 29 heavy (non-hydrogen) atoms. The first-order valence-electron chi connectivity index (χ1n) is 9.15. The van der Waals surface area contributed by atoms with Crippen LogP contribution in [-0.2, 0) is 17.8 Å². The molecule has 1 amide bonds. The molecule has 0 bridgehead atoms. The Morgan fingerprint density at radius 3 is 2.59 bits per heavy atom. The van der Waals surface area contributed by atoms with Crippen molar-refractivity contribution in [1.29, 1.82) is 0 Å². The van der Waals surface area contributed by atoms with Crippen LogP contribution in [0.1, 0.15) is 24.3 Å². The lowest BCUT2D eigenvalue weighted by atomic mass is 10.2. The third-order valence-electron chi connectivity index (χ3n) is 4.30. The summed E-state index contributed by atoms with van der Waals surface area (Å²) >= 11 is 0. The highest BCUT2D eigenvalue weighted by Crippen LogP contribution is 2.27. The molecule has 0 aliphatic heterocycles. The van der Waals surface area contributed by atoms with E-state index in [-0.39, 0.29) is 11.7 Å². The fraction of sp³-hybridized carbons (Fsp3) is 0.286. The van der Waals surface area contributed by atoms with Crippen LogP contribution in [0, 0.1) is 5.82 Å². The molecule has 0 saturated carbocycles. The highest BCUT2D eigenvalue weighted by Gasteiger charge is 2.10. The van der Waals surface area contributed by atoms with E-state index in [1.54, 1.807) is 32.4 Å². The molecule has 0 radical (unpaired) electrons. The van der Waals surface area contributed by atoms with Crippen LogP contribution >= 0.6 is 0 Å². The largest absolute Gasteiger partial charge is 0.493 e. The summed E-state index contributed by atoms with van der Waals surface area (Å²) < 4.78 is 28.6. The number of halogens is 1. The number of nitrogens with zero attached hydrogens (tertiary/aromatic N) is 2. The summed E-state index contributed by atoms with van der Waals surface area (Å²) in [6.07, 6.45) is 1.39. The molecule has 3 aromatic rings. The molecular weight excluding hydrogens is 377 g/mol. The van der Waals surface area contributed by atoms with Crippen molar-refractivity contribution in [2.75, 3.05) is 14.2 Å². The van der Waals surface area contributed by atoms with Gasteiger partial charge in [-0.15, -0.1) is 0 Å². The van der Waals surface area contributed by atoms with Crippen molar-refractivity contribution in [2.24, 2.45) is 0 Å². The van der Waals surface area contributed by atoms with Gasteiger partial charge in [0.2, 0.25) is 17.6 Å². The Bertz CT molecular complexity index is 957. The maximum absolute atomic E-state index is 13.0. The minimum atomic E-state index is -0.323. The lowest BCUT2D eigenvalue weighted by Gasteiger charge is -2.10. The van der Waals surface area contributed by atoms with E-state index in [1.807, 2.05) is 12.1 Å². The summed E-state index contributed by atoms with van der Waals surface area (Å²) in [4.78, 5) is 16.4. The highest BCUT2D eigenvalue weighted by atomic mass is 19.1. The van der Waals surface area contributed by atoms with Crippen molar-refractivity contribution >= 4 is 5.91 Å². The van der Waals surface area contributed by atoms with Gasteiger partial charge in [0.25, 0.3) is 0 Å². The number of methoxy groups -OCH3 is 2. The third-order valence-corrected chi connectivity index (χ3v) is 4.30. The van der Waals surface area contributed by atoms with Gasteiger partial charge in [-0.25, -0.2) is 4.39 Å². The molecule has 0 aliphatic rings. The summed E-state index contributed by atoms with van der Waals surface area (Å²) in [5.41, 5.74) is 1.59. The van der Waals surface area contributed by atoms with Crippen LogP contribution in [0.5, 0.6) is 11.5 Å². The van der Waals surface area contributed by atoms with E-state index in [0.29, 0.717) is 54.6 Å². The third kappa shape index (κ3) is 5.54. The van der Waals surface area contributed by atoms with Crippen molar-refractivity contribution < 1.29 is 23.2 Å². The maximum atomic E-state index is 13.0. The summed E-state index contributed by atoms with van der Waals surface area (Å²) in [5.74, 6) is 1.71. The van der Waals surface area contributed by atoms with Crippen molar-refractivity contribution in [3.05, 3.63) is 59.7 Å². The standard InChI is InChI=1S/C21H22FN3O4/c1-27-17-11-6-14(12-18(17)28-2)13-23-19(26)4-3-5-20-24-21(25-29-20)15-7-9-16(22)10-8-15/h6-12H,3-5,13H2,1-2H3,(H,23,26). The van der Waals surface area contributed by atoms with Crippen LogP contribution in [0.4, 0.5) is 4.39 Å². The molecule has 0 saturated heterocycles. The molecule has 0 fully saturated rings. The zero-order chi connectivity index (χ0) is 20.6. The van der Waals surface area contributed by atoms with Crippen LogP contribution in [-0.4, -0.2) is 30.3 Å². The van der Waals surface area contributed by atoms with Gasteiger partial charge in [0.1, 0.15) is 5.82 Å². The second-order valence-corrected chi connectivity index (χ2v) is 6.34. The minimum Gasteiger partial charge on any atom is -0.493 e. The number of hydrogen-bond donors (Lipinski definition) is 1. The van der Waals surface area contributed by atoms with Crippen molar-refractivity contribution in [2.45, 2.75) is 25.8 Å². The number of aryl methyl sites for hydroxylation is 1. The van der Waals surface area contributed by atoms with E-state index in [9.17, 15) is 9.18 Å². The molecular formula is C21H22FN3O4. The molecule has 1 N–H and O–H groups in total. The smallest absolute Gasteiger partial charge is 0.226 e. The summed E-state index contributed by atoms with van der Waals surface area (Å²) in [5, 5.41) is 6.76. The maximum Gasteiger partial charge on any atom is 0.226 e. The van der Waals surface area contributed by atoms with Gasteiger partial charge in [0.15, 0.2) is 11.5 Å². The van der Waals surface area contributed by atoms with Crippen molar-refractivity contribution in [3.8, 4) is 22.9 Å². The summed E-state index contributed by atoms with van der Waals surface area (Å²) in [6, 6.07) is 11.4. The average molecular weight is 399 g/mol. The van der Waals surface area contributed by atoms with E-state index in [1.165, 1.54) is 12.1 Å². The molecule has 0 aliphatic carbocycles. The zero-order valence-corrected chi connectivity index (χ0v) is 16.3. The van der Waals surface area contributed by atoms with Gasteiger partial charge in [-0.3, -0.25) is 4.79 Å². The van der Waals surface area contributed by atoms with E-state index in [0.717, 1.165) is 5.56 Å². The summed E-state index contributed by atoms with van der Waals surface area (Å²) in [7, 11) is 3.14. The minimum absolute atomic E-state index is 0.0712. The lowest BCUT2D eigenvalue weighted by Crippen LogP contribution is -2.22. The van der Waals surface area contributed by atoms with Crippen LogP contribution in [0.3, 0.4) is 0 Å². The zero-order valence-electron chi connectivity index (χ0n) is 16.3. The number of hydrogen-bond acceptors (Lipinski definition) is 6. The number of rotatable bonds is 9. The second-order valence-electron chi connectivity index (χ2n) is 6.34. The first-order valence-corrected chi connectivity index (χ1v) is 9.15. The Labute approximate surface area is 167 Å². The molecule has 0 atom stereocenters. The summed E-state index contributed by atoms with van der Waals surface area (Å²) in [6.45, 7) is 0.397. The van der Waals surface area contributed by atoms with Crippen LogP contribution in [0.25, 0.3) is 11.4 Å². The van der Waals surface area contributed by atoms with Gasteiger partial charge in [-0.2, -0.15) is 4.98 Å². The molecule has 1 heterocycles. The van der Waals surface area contributed by atoms with Crippen LogP contribution in [0.2, 0.25) is 0 Å². The lowest BCUT2D eigenvalue weighted by molar-refractivity contribution is -0.121. The number of amides is 1. The van der Waals surface area contributed by atoms with Gasteiger partial charge in [-0.05, 0) is 48.4 Å². The van der Waals surface area contributed by atoms with Crippen LogP contribution in [0.15, 0.2) is 47.0 Å². The Kier molecular flexibility index (Phi) is 6.78. The number of ether oxygens (including phenoxy) is 2. The number of carbonyl (C=O) groups excluding carboxylic acids is 1. The Balaban J connectivity index is 1.44. The Morgan fingerprint density at radius 2 is 1.86 bits per heavy atom. The average Bonchev–Trinajstić information content (AvgIpc) is 3.21. The van der Waals surface area contributed by atoms with Gasteiger partial charge >= 0.3 is 0 Å². The van der Waals surface area contributed by atoms with Gasteiger partial charge in [-0.1, -0.05) is 11.2 Å². The second kappa shape index (κ2) is 9.68. The fourth-order valence-electron chi connectivity index (χ4n) is 2.75. The Morgan fingerprint density at radius 1 is 1.10 bits per heavy atom. The van der Waals surface area contributed by atoms with Gasteiger partial charge in [0, 0.05) is 24.9 Å². The highest BCUT2D eigenvalue weighted by molar-refractivity contribution is 5.75. The predicted octanol–water partition coefficient (Wildman–Crippen LogP) is 3.53. The van der Waals surface area contributed by atoms with Crippen molar-refractivity contribution in [1.82, 2.24) is 15.5 Å². The molecule has 152 valence electrons. The topological polar surface area (TPSA) is 86.5 Å². The first kappa shape index (κ1) is 20.3. The van der Waals surface area contributed by atoms with E-state index >= 15 is 0 Å². The van der Waals surface area contributed by atoms with Crippen molar-refractivity contribution in [3.63, 3.8) is 0 Å². The number of nitrogens with one attached hydrogen (secondary N) is 1. The molecule has 8 heteroatoms. The molecule has 3 rings (SSSR count). The first-order chi connectivity index (χ1) is 14.1. The monoisotopic (exact) mass is 399 g/mol. The molecule has 0 spiro atoms. The number of aromatic nitrogens is 2. The molecule has 2 aromatic carbocycles. The SMILES string of the molecule is COc1ccc(CNC(=O)CCCc2nc(-c3ccc(F)cc3)no2)cc1OC. The number of benzene rings is 2. The molecule has 1 aromatic heterocycles. The Hall–Kier alpha value is -3.42. The quantitative estimate of drug-likeness (QED) is 0.592. The van der Waals surface area contributed by atoms with E-state index in [2.05, 4.69) is 15.5 Å². The van der Waals surface area contributed by atoms with E-state index in [4.69, 9.17) is 14.0 Å².